The molecule has 0 radical (unpaired) electrons. The lowest BCUT2D eigenvalue weighted by molar-refractivity contribution is 0.619. The topological polar surface area (TPSA) is 56.7 Å². The van der Waals surface area contributed by atoms with Crippen LogP contribution in [0.3, 0.4) is 0 Å². The minimum absolute atomic E-state index is 0.192. The van der Waals surface area contributed by atoms with Crippen LogP contribution >= 0.6 is 31.9 Å². The number of anilines is 1. The second-order valence-electron chi connectivity index (χ2n) is 3.90. The zero-order valence-corrected chi connectivity index (χ0v) is 12.6. The summed E-state index contributed by atoms with van der Waals surface area (Å²) in [4.78, 5) is 8.43. The third-order valence-electron chi connectivity index (χ3n) is 2.64. The fourth-order valence-electron chi connectivity index (χ4n) is 1.85. The number of nitrogens with two attached hydrogens (primary N) is 1. The van der Waals surface area contributed by atoms with Gasteiger partial charge in [-0.05, 0) is 40.2 Å². The number of hydrogen-bond donors (Lipinski definition) is 1. The minimum atomic E-state index is -0.390. The smallest absolute Gasteiger partial charge is 0.207 e. The Morgan fingerprint density at radius 2 is 1.95 bits per heavy atom. The van der Waals surface area contributed by atoms with Crippen molar-refractivity contribution < 1.29 is 4.39 Å². The summed E-state index contributed by atoms with van der Waals surface area (Å²) < 4.78 is 17.0. The molecular formula is C12H7Br2FN4. The zero-order chi connectivity index (χ0) is 13.6. The van der Waals surface area contributed by atoms with E-state index in [1.807, 2.05) is 0 Å². The van der Waals surface area contributed by atoms with Crippen LogP contribution < -0.4 is 5.73 Å². The van der Waals surface area contributed by atoms with E-state index in [4.69, 9.17) is 5.73 Å². The van der Waals surface area contributed by atoms with Crippen molar-refractivity contribution in [3.8, 4) is 5.69 Å². The highest BCUT2D eigenvalue weighted by Gasteiger charge is 2.15. The van der Waals surface area contributed by atoms with Gasteiger partial charge in [-0.1, -0.05) is 15.9 Å². The van der Waals surface area contributed by atoms with Crippen molar-refractivity contribution in [2.24, 2.45) is 0 Å². The number of halogens is 3. The van der Waals surface area contributed by atoms with Crippen molar-refractivity contribution >= 4 is 49.0 Å². The molecule has 1 aromatic carbocycles. The van der Waals surface area contributed by atoms with Crippen molar-refractivity contribution in [1.82, 2.24) is 14.5 Å². The maximum atomic E-state index is 14.0. The van der Waals surface area contributed by atoms with E-state index < -0.39 is 0 Å². The van der Waals surface area contributed by atoms with E-state index >= 15 is 0 Å². The second kappa shape index (κ2) is 4.57. The molecule has 0 fully saturated rings. The number of nitrogens with zero attached hydrogens (tertiary/aromatic N) is 3. The largest absolute Gasteiger partial charge is 0.369 e. The molecule has 0 amide bonds. The first-order valence-corrected chi connectivity index (χ1v) is 6.90. The third kappa shape index (κ3) is 2.12. The molecule has 2 N–H and O–H groups in total. The van der Waals surface area contributed by atoms with Crippen molar-refractivity contribution in [2.75, 3.05) is 5.73 Å². The Labute approximate surface area is 124 Å². The van der Waals surface area contributed by atoms with E-state index in [9.17, 15) is 4.39 Å². The Morgan fingerprint density at radius 1 is 1.16 bits per heavy atom. The van der Waals surface area contributed by atoms with Crippen molar-refractivity contribution in [2.45, 2.75) is 0 Å². The molecule has 0 aliphatic carbocycles. The fourth-order valence-corrected chi connectivity index (χ4v) is 2.52. The first-order valence-electron chi connectivity index (χ1n) is 5.31. The summed E-state index contributed by atoms with van der Waals surface area (Å²) in [5, 5.41) is 0. The van der Waals surface area contributed by atoms with Crippen LogP contribution in [0, 0.1) is 5.82 Å². The standard InChI is InChI=1S/C12H7Br2FN4/c13-6-1-2-8(15)10(4-6)19-11-9(18-12(19)16)3-7(14)5-17-11/h1-5H,(H2,16,18). The molecule has 7 heteroatoms. The summed E-state index contributed by atoms with van der Waals surface area (Å²) in [5.74, 6) is -0.198. The molecule has 0 aliphatic heterocycles. The molecule has 96 valence electrons. The lowest BCUT2D eigenvalue weighted by Crippen LogP contribution is -2.03. The summed E-state index contributed by atoms with van der Waals surface area (Å²) in [6.45, 7) is 0. The number of nitrogen functional groups attached to an aromatic ring is 1. The molecule has 0 aliphatic rings. The van der Waals surface area contributed by atoms with E-state index in [-0.39, 0.29) is 11.8 Å². The fraction of sp³-hybridized carbons (Fsp3) is 0. The third-order valence-corrected chi connectivity index (χ3v) is 3.57. The van der Waals surface area contributed by atoms with Gasteiger partial charge in [0.05, 0.1) is 5.69 Å². The van der Waals surface area contributed by atoms with Gasteiger partial charge in [0, 0.05) is 15.1 Å². The summed E-state index contributed by atoms with van der Waals surface area (Å²) in [6.07, 6.45) is 1.62. The zero-order valence-electron chi connectivity index (χ0n) is 9.44. The Morgan fingerprint density at radius 3 is 2.74 bits per heavy atom. The Balaban J connectivity index is 2.36. The van der Waals surface area contributed by atoms with E-state index in [0.29, 0.717) is 16.9 Å². The molecule has 3 rings (SSSR count). The van der Waals surface area contributed by atoms with Gasteiger partial charge in [-0.25, -0.2) is 14.4 Å². The highest BCUT2D eigenvalue weighted by atomic mass is 79.9. The predicted octanol–water partition coefficient (Wildman–Crippen LogP) is 3.67. The number of pyridine rings is 1. The summed E-state index contributed by atoms with van der Waals surface area (Å²) >= 11 is 6.63. The van der Waals surface area contributed by atoms with Gasteiger partial charge in [-0.3, -0.25) is 4.57 Å². The van der Waals surface area contributed by atoms with Gasteiger partial charge in [0.2, 0.25) is 5.95 Å². The van der Waals surface area contributed by atoms with Gasteiger partial charge in [0.25, 0.3) is 0 Å². The quantitative estimate of drug-likeness (QED) is 0.695. The van der Waals surface area contributed by atoms with Gasteiger partial charge in [0.1, 0.15) is 11.3 Å². The Bertz CT molecular complexity index is 785. The Kier molecular flexibility index (Phi) is 3.02. The number of fused-ring (bicyclic) bond motifs is 1. The number of hydrogen-bond acceptors (Lipinski definition) is 3. The first kappa shape index (κ1) is 12.6. The summed E-state index contributed by atoms with van der Waals surface area (Å²) in [5.41, 5.74) is 7.29. The van der Waals surface area contributed by atoms with Gasteiger partial charge in [-0.2, -0.15) is 0 Å². The van der Waals surface area contributed by atoms with Crippen LogP contribution in [-0.2, 0) is 0 Å². The lowest BCUT2D eigenvalue weighted by atomic mass is 10.3. The van der Waals surface area contributed by atoms with E-state index in [1.165, 1.54) is 10.6 Å². The molecule has 0 spiro atoms. The summed E-state index contributed by atoms with van der Waals surface area (Å²) in [7, 11) is 0. The summed E-state index contributed by atoms with van der Waals surface area (Å²) in [6, 6.07) is 6.41. The number of rotatable bonds is 1. The van der Waals surface area contributed by atoms with Crippen LogP contribution in [0.5, 0.6) is 0 Å². The molecule has 0 saturated heterocycles. The molecule has 0 unspecified atom stereocenters. The van der Waals surface area contributed by atoms with Crippen molar-refractivity contribution in [1.29, 1.82) is 0 Å². The van der Waals surface area contributed by atoms with Crippen LogP contribution in [0.1, 0.15) is 0 Å². The minimum Gasteiger partial charge on any atom is -0.369 e. The average molecular weight is 386 g/mol. The Hall–Kier alpha value is -1.47. The second-order valence-corrected chi connectivity index (χ2v) is 5.73. The van der Waals surface area contributed by atoms with Crippen LogP contribution in [0.25, 0.3) is 16.9 Å². The molecular weight excluding hydrogens is 379 g/mol. The number of benzene rings is 1. The number of imidazole rings is 1. The SMILES string of the molecule is Nc1nc2cc(Br)cnc2n1-c1cc(Br)ccc1F. The molecule has 4 nitrogen and oxygen atoms in total. The molecule has 3 aromatic rings. The van der Waals surface area contributed by atoms with E-state index in [1.54, 1.807) is 24.4 Å². The normalized spacial score (nSPS) is 11.1. The maximum absolute atomic E-state index is 14.0. The molecule has 0 atom stereocenters. The predicted molar refractivity (Wildman–Crippen MR) is 78.6 cm³/mol. The molecule has 2 heterocycles. The lowest BCUT2D eigenvalue weighted by Gasteiger charge is -2.07. The van der Waals surface area contributed by atoms with Crippen LogP contribution in [0.15, 0.2) is 39.4 Å². The first-order chi connectivity index (χ1) is 9.06. The van der Waals surface area contributed by atoms with E-state index in [0.717, 1.165) is 8.95 Å². The van der Waals surface area contributed by atoms with Crippen LogP contribution in [-0.4, -0.2) is 14.5 Å². The van der Waals surface area contributed by atoms with Gasteiger partial charge < -0.3 is 5.73 Å². The monoisotopic (exact) mass is 384 g/mol. The van der Waals surface area contributed by atoms with Crippen molar-refractivity contribution in [3.63, 3.8) is 0 Å². The van der Waals surface area contributed by atoms with Gasteiger partial charge in [-0.15, -0.1) is 0 Å². The molecule has 19 heavy (non-hydrogen) atoms. The highest BCUT2D eigenvalue weighted by Crippen LogP contribution is 2.27. The van der Waals surface area contributed by atoms with Crippen LogP contribution in [0.2, 0.25) is 0 Å². The molecule has 0 bridgehead atoms. The highest BCUT2D eigenvalue weighted by molar-refractivity contribution is 9.10. The number of aromatic nitrogens is 3. The molecule has 0 saturated carbocycles. The average Bonchev–Trinajstić information content (AvgIpc) is 2.67. The van der Waals surface area contributed by atoms with Crippen LogP contribution in [0.4, 0.5) is 10.3 Å². The maximum Gasteiger partial charge on any atom is 0.207 e. The van der Waals surface area contributed by atoms with Gasteiger partial charge in [0.15, 0.2) is 5.65 Å². The molecule has 2 aromatic heterocycles. The van der Waals surface area contributed by atoms with Gasteiger partial charge >= 0.3 is 0 Å². The van der Waals surface area contributed by atoms with E-state index in [2.05, 4.69) is 41.8 Å². The van der Waals surface area contributed by atoms with Crippen molar-refractivity contribution in [3.05, 3.63) is 45.2 Å².